The number of methoxy groups -OCH3 is 1. The minimum atomic E-state index is -0.463. The summed E-state index contributed by atoms with van der Waals surface area (Å²) in [6.07, 6.45) is 2.91. The molecule has 4 N–H and O–H groups in total. The van der Waals surface area contributed by atoms with Gasteiger partial charge in [-0.25, -0.2) is 4.79 Å². The summed E-state index contributed by atoms with van der Waals surface area (Å²) in [5, 5.41) is 0. The molecule has 1 aromatic heterocycles. The smallest absolute Gasteiger partial charge is 0.351 e. The molecule has 1 heterocycles. The summed E-state index contributed by atoms with van der Waals surface area (Å²) >= 11 is 0. The van der Waals surface area contributed by atoms with Crippen LogP contribution in [0.4, 0.5) is 5.82 Å². The molecule has 0 saturated heterocycles. The number of nitrogens with zero attached hydrogens (tertiary/aromatic N) is 3. The molecule has 0 bridgehead atoms. The quantitative estimate of drug-likeness (QED) is 0.574. The molecule has 8 heteroatoms. The standard InChI is InChI=1S/C12H21N5O3/c1-16(4-3-10(13)7-18)5-9-6-17(8-20-2)12(19)15-11(9)14/h6-7,10H,3-5,8,13H2,1-2H3,(H2,14,15,19). The zero-order valence-electron chi connectivity index (χ0n) is 11.8. The van der Waals surface area contributed by atoms with Crippen molar-refractivity contribution in [2.45, 2.75) is 25.7 Å². The fraction of sp³-hybridized carbons (Fsp3) is 0.583. The van der Waals surface area contributed by atoms with Gasteiger partial charge in [0.15, 0.2) is 0 Å². The SMILES string of the molecule is COCn1cc(CN(C)CCC(N)C=O)c(N)nc1=O. The molecule has 0 aromatic carbocycles. The van der Waals surface area contributed by atoms with Crippen LogP contribution >= 0.6 is 0 Å². The van der Waals surface area contributed by atoms with E-state index in [9.17, 15) is 9.59 Å². The van der Waals surface area contributed by atoms with Gasteiger partial charge in [0.1, 0.15) is 18.8 Å². The van der Waals surface area contributed by atoms with E-state index in [1.165, 1.54) is 11.7 Å². The third-order valence-electron chi connectivity index (χ3n) is 2.83. The van der Waals surface area contributed by atoms with Gasteiger partial charge in [-0.15, -0.1) is 0 Å². The van der Waals surface area contributed by atoms with Crippen molar-refractivity contribution in [1.29, 1.82) is 0 Å². The highest BCUT2D eigenvalue weighted by Gasteiger charge is 2.10. The normalized spacial score (nSPS) is 12.6. The summed E-state index contributed by atoms with van der Waals surface area (Å²) in [4.78, 5) is 27.7. The van der Waals surface area contributed by atoms with E-state index in [0.29, 0.717) is 19.5 Å². The molecule has 8 nitrogen and oxygen atoms in total. The predicted molar refractivity (Wildman–Crippen MR) is 74.9 cm³/mol. The molecule has 0 aliphatic carbocycles. The van der Waals surface area contributed by atoms with E-state index in [4.69, 9.17) is 16.2 Å². The van der Waals surface area contributed by atoms with Gasteiger partial charge in [-0.3, -0.25) is 4.57 Å². The van der Waals surface area contributed by atoms with Gasteiger partial charge in [0.05, 0.1) is 6.04 Å². The van der Waals surface area contributed by atoms with Crippen LogP contribution in [0.3, 0.4) is 0 Å². The lowest BCUT2D eigenvalue weighted by atomic mass is 10.2. The van der Waals surface area contributed by atoms with Crippen LogP contribution in [0.25, 0.3) is 0 Å². The first-order valence-electron chi connectivity index (χ1n) is 6.22. The molecule has 0 amide bonds. The van der Waals surface area contributed by atoms with Crippen molar-refractivity contribution in [3.05, 3.63) is 22.2 Å². The Kier molecular flexibility index (Phi) is 6.29. The lowest BCUT2D eigenvalue weighted by molar-refractivity contribution is -0.109. The fourth-order valence-electron chi connectivity index (χ4n) is 1.71. The topological polar surface area (TPSA) is 116 Å². The van der Waals surface area contributed by atoms with E-state index in [1.54, 1.807) is 6.20 Å². The van der Waals surface area contributed by atoms with Crippen LogP contribution in [0.1, 0.15) is 12.0 Å². The molecule has 1 unspecified atom stereocenters. The van der Waals surface area contributed by atoms with Gasteiger partial charge in [-0.05, 0) is 13.5 Å². The fourth-order valence-corrected chi connectivity index (χ4v) is 1.71. The van der Waals surface area contributed by atoms with Crippen LogP contribution in [-0.2, 0) is 22.8 Å². The summed E-state index contributed by atoms with van der Waals surface area (Å²) in [5.41, 5.74) is 11.6. The van der Waals surface area contributed by atoms with Gasteiger partial charge in [0.2, 0.25) is 0 Å². The van der Waals surface area contributed by atoms with E-state index in [0.717, 1.165) is 11.8 Å². The second-order valence-corrected chi connectivity index (χ2v) is 4.65. The molecule has 1 rings (SSSR count). The number of aromatic nitrogens is 2. The number of aldehydes is 1. The first-order chi connectivity index (χ1) is 9.47. The summed E-state index contributed by atoms with van der Waals surface area (Å²) in [6.45, 7) is 1.27. The Bertz CT molecular complexity index is 502. The van der Waals surface area contributed by atoms with Crippen LogP contribution < -0.4 is 17.2 Å². The molecular formula is C12H21N5O3. The molecular weight excluding hydrogens is 262 g/mol. The predicted octanol–water partition coefficient (Wildman–Crippen LogP) is -1.22. The number of ether oxygens (including phenoxy) is 1. The molecule has 20 heavy (non-hydrogen) atoms. The summed E-state index contributed by atoms with van der Waals surface area (Å²) in [5.74, 6) is 0.203. The van der Waals surface area contributed by atoms with Gasteiger partial charge in [0, 0.05) is 32.0 Å². The Morgan fingerprint density at radius 3 is 2.90 bits per heavy atom. The molecule has 0 aliphatic rings. The highest BCUT2D eigenvalue weighted by atomic mass is 16.5. The molecule has 0 spiro atoms. The Morgan fingerprint density at radius 1 is 1.60 bits per heavy atom. The van der Waals surface area contributed by atoms with Crippen LogP contribution in [0.15, 0.2) is 11.0 Å². The minimum Gasteiger partial charge on any atom is -0.383 e. The first-order valence-corrected chi connectivity index (χ1v) is 6.22. The van der Waals surface area contributed by atoms with Crippen LogP contribution in [0, 0.1) is 0 Å². The van der Waals surface area contributed by atoms with E-state index in [2.05, 4.69) is 4.98 Å². The largest absolute Gasteiger partial charge is 0.383 e. The van der Waals surface area contributed by atoms with E-state index < -0.39 is 11.7 Å². The Labute approximate surface area is 117 Å². The average Bonchev–Trinajstić information content (AvgIpc) is 2.41. The lowest BCUT2D eigenvalue weighted by Gasteiger charge is -2.18. The van der Waals surface area contributed by atoms with Gasteiger partial charge >= 0.3 is 5.69 Å². The summed E-state index contributed by atoms with van der Waals surface area (Å²) < 4.78 is 6.26. The first kappa shape index (κ1) is 16.3. The number of carbonyl (C=O) groups excluding carboxylic acids is 1. The number of anilines is 1. The summed E-state index contributed by atoms with van der Waals surface area (Å²) in [7, 11) is 3.37. The van der Waals surface area contributed by atoms with E-state index >= 15 is 0 Å². The van der Waals surface area contributed by atoms with Gasteiger partial charge in [-0.2, -0.15) is 4.98 Å². The second kappa shape index (κ2) is 7.73. The number of hydrogen-bond donors (Lipinski definition) is 2. The molecule has 112 valence electrons. The van der Waals surface area contributed by atoms with Gasteiger partial charge in [0.25, 0.3) is 0 Å². The summed E-state index contributed by atoms with van der Waals surface area (Å²) in [6, 6.07) is -0.463. The van der Waals surface area contributed by atoms with Crippen molar-refractivity contribution < 1.29 is 9.53 Å². The van der Waals surface area contributed by atoms with Gasteiger partial charge < -0.3 is 25.9 Å². The molecule has 1 atom stereocenters. The molecule has 0 aliphatic heterocycles. The van der Waals surface area contributed by atoms with Crippen molar-refractivity contribution in [3.8, 4) is 0 Å². The molecule has 0 radical (unpaired) electrons. The molecule has 1 aromatic rings. The van der Waals surface area contributed by atoms with Crippen molar-refractivity contribution in [3.63, 3.8) is 0 Å². The zero-order valence-corrected chi connectivity index (χ0v) is 11.8. The third kappa shape index (κ3) is 4.72. The Morgan fingerprint density at radius 2 is 2.30 bits per heavy atom. The van der Waals surface area contributed by atoms with Crippen molar-refractivity contribution in [1.82, 2.24) is 14.5 Å². The van der Waals surface area contributed by atoms with E-state index in [1.807, 2.05) is 11.9 Å². The highest BCUT2D eigenvalue weighted by molar-refractivity contribution is 5.56. The number of nitrogen functional groups attached to an aromatic ring is 1. The number of hydrogen-bond acceptors (Lipinski definition) is 7. The molecule has 0 fully saturated rings. The Balaban J connectivity index is 2.73. The van der Waals surface area contributed by atoms with Crippen LogP contribution in [0.5, 0.6) is 0 Å². The Hall–Kier alpha value is -1.77. The highest BCUT2D eigenvalue weighted by Crippen LogP contribution is 2.08. The van der Waals surface area contributed by atoms with Crippen molar-refractivity contribution in [2.75, 3.05) is 26.4 Å². The van der Waals surface area contributed by atoms with Crippen LogP contribution in [0.2, 0.25) is 0 Å². The maximum absolute atomic E-state index is 11.5. The van der Waals surface area contributed by atoms with Crippen molar-refractivity contribution in [2.24, 2.45) is 5.73 Å². The molecule has 0 saturated carbocycles. The zero-order chi connectivity index (χ0) is 15.1. The van der Waals surface area contributed by atoms with E-state index in [-0.39, 0.29) is 12.5 Å². The number of rotatable bonds is 8. The second-order valence-electron chi connectivity index (χ2n) is 4.65. The van der Waals surface area contributed by atoms with Gasteiger partial charge in [-0.1, -0.05) is 0 Å². The van der Waals surface area contributed by atoms with Crippen LogP contribution in [-0.4, -0.2) is 47.5 Å². The average molecular weight is 283 g/mol. The van der Waals surface area contributed by atoms with Crippen molar-refractivity contribution >= 4 is 12.1 Å². The maximum atomic E-state index is 11.5. The maximum Gasteiger partial charge on any atom is 0.351 e. The lowest BCUT2D eigenvalue weighted by Crippen LogP contribution is -2.30. The minimum absolute atomic E-state index is 0.124. The third-order valence-corrected chi connectivity index (χ3v) is 2.83. The monoisotopic (exact) mass is 283 g/mol. The number of nitrogens with two attached hydrogens (primary N) is 2. The number of carbonyl (C=O) groups is 1.